The fourth-order valence-electron chi connectivity index (χ4n) is 5.32. The van der Waals surface area contributed by atoms with Gasteiger partial charge in [-0.2, -0.15) is 5.26 Å². The smallest absolute Gasteiger partial charge is 0.161 e. The van der Waals surface area contributed by atoms with Crippen molar-refractivity contribution in [2.45, 2.75) is 18.6 Å². The van der Waals surface area contributed by atoms with E-state index in [2.05, 4.69) is 20.2 Å². The van der Waals surface area contributed by atoms with E-state index in [1.165, 1.54) is 12.1 Å². The van der Waals surface area contributed by atoms with Crippen LogP contribution in [-0.4, -0.2) is 53.5 Å². The molecule has 2 aromatic heterocycles. The summed E-state index contributed by atoms with van der Waals surface area (Å²) in [6.07, 6.45) is 3.99. The summed E-state index contributed by atoms with van der Waals surface area (Å²) < 4.78 is 34.6. The second-order valence-corrected chi connectivity index (χ2v) is 9.29. The van der Waals surface area contributed by atoms with Crippen LogP contribution in [0.5, 0.6) is 5.75 Å². The van der Waals surface area contributed by atoms with Crippen LogP contribution in [0.2, 0.25) is 0 Å². The number of pyridine rings is 2. The van der Waals surface area contributed by atoms with Crippen molar-refractivity contribution in [2.24, 2.45) is 0 Å². The van der Waals surface area contributed by atoms with Gasteiger partial charge < -0.3 is 20.1 Å². The number of nitrogens with zero attached hydrogens (tertiary/aromatic N) is 4. The van der Waals surface area contributed by atoms with Crippen molar-refractivity contribution in [2.75, 3.05) is 31.1 Å². The zero-order valence-corrected chi connectivity index (χ0v) is 19.8. The molecule has 0 bridgehead atoms. The Hall–Kier alpha value is -4.13. The van der Waals surface area contributed by atoms with Crippen molar-refractivity contribution < 1.29 is 18.6 Å². The number of hydrogen-bond acceptors (Lipinski definition) is 7. The monoisotopic (exact) mass is 499 g/mol. The number of halogens is 2. The van der Waals surface area contributed by atoms with Crippen LogP contribution in [0.3, 0.4) is 0 Å². The van der Waals surface area contributed by atoms with E-state index in [-0.39, 0.29) is 23.5 Å². The minimum atomic E-state index is -0.676. The molecular formula is C28H23F2N5O2. The summed E-state index contributed by atoms with van der Waals surface area (Å²) in [5, 5.41) is 24.2. The Bertz CT molecular complexity index is 1530. The van der Waals surface area contributed by atoms with Crippen LogP contribution in [0.4, 0.5) is 14.5 Å². The third kappa shape index (κ3) is 4.24. The first kappa shape index (κ1) is 23.3. The molecular weight excluding hydrogens is 476 g/mol. The highest BCUT2D eigenvalue weighted by Gasteiger charge is 2.34. The minimum absolute atomic E-state index is 0.0321. The number of fused-ring (bicyclic) bond motifs is 2. The van der Waals surface area contributed by atoms with Crippen molar-refractivity contribution in [3.8, 4) is 34.1 Å². The molecule has 0 aliphatic carbocycles. The number of phenols is 1. The third-order valence-corrected chi connectivity index (χ3v) is 7.05. The first-order chi connectivity index (χ1) is 18.0. The second-order valence-electron chi connectivity index (χ2n) is 9.29. The molecule has 2 N–H and O–H groups in total. The number of morpholine rings is 1. The van der Waals surface area contributed by atoms with E-state index in [9.17, 15) is 19.1 Å². The minimum Gasteiger partial charge on any atom is -0.506 e. The molecule has 4 aromatic rings. The van der Waals surface area contributed by atoms with Crippen molar-refractivity contribution in [3.05, 3.63) is 72.1 Å². The van der Waals surface area contributed by atoms with Gasteiger partial charge in [0.25, 0.3) is 0 Å². The highest BCUT2D eigenvalue weighted by atomic mass is 19.1. The van der Waals surface area contributed by atoms with Crippen LogP contribution in [0.1, 0.15) is 12.0 Å². The molecule has 2 atom stereocenters. The number of rotatable bonds is 3. The number of phenolic OH excluding ortho intramolecular Hbond substituents is 1. The number of nitrogens with one attached hydrogen (secondary N) is 1. The van der Waals surface area contributed by atoms with Gasteiger partial charge >= 0.3 is 0 Å². The van der Waals surface area contributed by atoms with Gasteiger partial charge in [-0.25, -0.2) is 18.7 Å². The average Bonchev–Trinajstić information content (AvgIpc) is 2.91. The third-order valence-electron chi connectivity index (χ3n) is 7.05. The van der Waals surface area contributed by atoms with Crippen LogP contribution in [0.25, 0.3) is 33.3 Å². The van der Waals surface area contributed by atoms with Crippen LogP contribution in [0.15, 0.2) is 54.9 Å². The Labute approximate surface area is 212 Å². The first-order valence-corrected chi connectivity index (χ1v) is 12.1. The Morgan fingerprint density at radius 3 is 2.68 bits per heavy atom. The van der Waals surface area contributed by atoms with Gasteiger partial charge in [-0.05, 0) is 36.2 Å². The van der Waals surface area contributed by atoms with E-state index in [0.29, 0.717) is 53.0 Å². The van der Waals surface area contributed by atoms with E-state index in [1.807, 2.05) is 12.1 Å². The maximum Gasteiger partial charge on any atom is 0.161 e. The molecule has 6 rings (SSSR count). The molecule has 7 nitrogen and oxygen atoms in total. The molecule has 0 unspecified atom stereocenters. The summed E-state index contributed by atoms with van der Waals surface area (Å²) in [6, 6.07) is 12.5. The lowest BCUT2D eigenvalue weighted by Crippen LogP contribution is -2.57. The Kier molecular flexibility index (Phi) is 5.91. The molecule has 2 saturated heterocycles. The highest BCUT2D eigenvalue weighted by molar-refractivity contribution is 6.00. The molecule has 2 fully saturated rings. The van der Waals surface area contributed by atoms with Crippen molar-refractivity contribution in [1.82, 2.24) is 15.3 Å². The van der Waals surface area contributed by atoms with E-state index < -0.39 is 11.6 Å². The number of para-hydroxylation sites is 1. The highest BCUT2D eigenvalue weighted by Crippen LogP contribution is 2.41. The molecule has 0 spiro atoms. The lowest BCUT2D eigenvalue weighted by molar-refractivity contribution is -0.00896. The van der Waals surface area contributed by atoms with Crippen LogP contribution >= 0.6 is 0 Å². The molecule has 2 aliphatic rings. The Balaban J connectivity index is 1.56. The lowest BCUT2D eigenvalue weighted by atomic mass is 9.95. The van der Waals surface area contributed by atoms with Crippen LogP contribution < -0.4 is 10.2 Å². The van der Waals surface area contributed by atoms with Gasteiger partial charge in [-0.15, -0.1) is 0 Å². The Morgan fingerprint density at radius 1 is 1.05 bits per heavy atom. The fourth-order valence-corrected chi connectivity index (χ4v) is 5.32. The van der Waals surface area contributed by atoms with Gasteiger partial charge in [0.15, 0.2) is 5.65 Å². The molecule has 4 heterocycles. The summed E-state index contributed by atoms with van der Waals surface area (Å²) in [4.78, 5) is 11.2. The predicted octanol–water partition coefficient (Wildman–Crippen LogP) is 4.39. The quantitative estimate of drug-likeness (QED) is 0.432. The second kappa shape index (κ2) is 9.39. The zero-order valence-electron chi connectivity index (χ0n) is 19.8. The van der Waals surface area contributed by atoms with Gasteiger partial charge in [-0.1, -0.05) is 12.1 Å². The number of ether oxygens (including phenoxy) is 1. The van der Waals surface area contributed by atoms with Crippen molar-refractivity contribution in [1.29, 1.82) is 5.26 Å². The summed E-state index contributed by atoms with van der Waals surface area (Å²) in [7, 11) is 0. The number of piperidine rings is 1. The van der Waals surface area contributed by atoms with Crippen LogP contribution in [-0.2, 0) is 4.74 Å². The maximum atomic E-state index is 14.3. The topological polar surface area (TPSA) is 94.3 Å². The maximum absolute atomic E-state index is 14.3. The molecule has 37 heavy (non-hydrogen) atoms. The van der Waals surface area contributed by atoms with Crippen molar-refractivity contribution in [3.63, 3.8) is 0 Å². The van der Waals surface area contributed by atoms with E-state index in [1.54, 1.807) is 30.6 Å². The molecule has 0 amide bonds. The Morgan fingerprint density at radius 2 is 1.86 bits per heavy atom. The number of hydrogen-bond donors (Lipinski definition) is 2. The van der Waals surface area contributed by atoms with E-state index >= 15 is 0 Å². The standard InChI is InChI=1S/C28H23F2N5O2/c29-19-8-17(9-20(30)11-19)23-14-34-28-22(26(23)35-6-4-24-25(15-35)37-7-5-32-24)10-18(13-33-28)21-3-1-2-16(12-31)27(21)36/h1-3,8-11,13-14,24-25,32,36H,4-7,15H2/t24-,25-/m1/s1. The molecule has 0 radical (unpaired) electrons. The molecule has 0 saturated carbocycles. The zero-order chi connectivity index (χ0) is 25.5. The van der Waals surface area contributed by atoms with Crippen molar-refractivity contribution >= 4 is 16.7 Å². The number of aromatic nitrogens is 2. The summed E-state index contributed by atoms with van der Waals surface area (Å²) in [5.74, 6) is -1.49. The lowest BCUT2D eigenvalue weighted by Gasteiger charge is -2.43. The summed E-state index contributed by atoms with van der Waals surface area (Å²) >= 11 is 0. The molecule has 9 heteroatoms. The average molecular weight is 500 g/mol. The summed E-state index contributed by atoms with van der Waals surface area (Å²) in [5.41, 5.74) is 3.35. The van der Waals surface area contributed by atoms with E-state index in [0.717, 1.165) is 24.7 Å². The molecule has 2 aliphatic heterocycles. The summed E-state index contributed by atoms with van der Waals surface area (Å²) in [6.45, 7) is 2.71. The van der Waals surface area contributed by atoms with Gasteiger partial charge in [-0.3, -0.25) is 0 Å². The van der Waals surface area contributed by atoms with Gasteiger partial charge in [0.05, 0.1) is 24.0 Å². The first-order valence-electron chi connectivity index (χ1n) is 12.1. The predicted molar refractivity (Wildman–Crippen MR) is 135 cm³/mol. The SMILES string of the molecule is N#Cc1cccc(-c2cnc3ncc(-c4cc(F)cc(F)c4)c(N4CC[C@H]5NCCO[C@@H]5C4)c3c2)c1O. The number of nitriles is 1. The number of aromatic hydroxyl groups is 1. The fraction of sp³-hybridized carbons (Fsp3) is 0.250. The molecule has 186 valence electrons. The van der Waals surface area contributed by atoms with Gasteiger partial charge in [0, 0.05) is 66.2 Å². The number of anilines is 1. The van der Waals surface area contributed by atoms with Gasteiger partial charge in [0.1, 0.15) is 23.5 Å². The normalized spacial score (nSPS) is 19.4. The number of benzene rings is 2. The molecule has 2 aromatic carbocycles. The largest absolute Gasteiger partial charge is 0.506 e. The van der Waals surface area contributed by atoms with Crippen LogP contribution in [0, 0.1) is 23.0 Å². The van der Waals surface area contributed by atoms with E-state index in [4.69, 9.17) is 4.74 Å². The van der Waals surface area contributed by atoms with Gasteiger partial charge in [0.2, 0.25) is 0 Å².